The Morgan fingerprint density at radius 1 is 1.50 bits per heavy atom. The minimum Gasteiger partial charge on any atom is -0.397 e. The molecule has 0 saturated heterocycles. The van der Waals surface area contributed by atoms with Crippen molar-refractivity contribution in [3.63, 3.8) is 0 Å². The summed E-state index contributed by atoms with van der Waals surface area (Å²) in [6.45, 7) is 4.79. The first-order valence-corrected chi connectivity index (χ1v) is 7.29. The Bertz CT molecular complexity index is 486. The van der Waals surface area contributed by atoms with Gasteiger partial charge in [-0.1, -0.05) is 0 Å². The Balaban J connectivity index is 2.05. The molecular weight excluding hydrogens is 252 g/mol. The molecule has 112 valence electrons. The molecular formula is C15H26N4O. The fraction of sp³-hybridized carbons (Fsp3) is 0.667. The number of nitrogens with two attached hydrogens (primary N) is 1. The maximum Gasteiger partial charge on any atom is 0.268 e. The predicted molar refractivity (Wildman–Crippen MR) is 81.8 cm³/mol. The van der Waals surface area contributed by atoms with Crippen LogP contribution in [0.1, 0.15) is 49.6 Å². The standard InChI is InChI=1S/C15H26N4O/c1-11(2)19-9-12(16)8-13(19)14(20)17-10-15(18(3)4)6-5-7-15/h8-9,11H,5-7,10,16H2,1-4H3,(H,17,20). The topological polar surface area (TPSA) is 63.3 Å². The highest BCUT2D eigenvalue weighted by Gasteiger charge is 2.39. The molecule has 0 aliphatic heterocycles. The first-order chi connectivity index (χ1) is 9.35. The van der Waals surface area contributed by atoms with Crippen molar-refractivity contribution in [1.29, 1.82) is 0 Å². The van der Waals surface area contributed by atoms with Crippen LogP contribution >= 0.6 is 0 Å². The normalized spacial score (nSPS) is 17.3. The van der Waals surface area contributed by atoms with Crippen molar-refractivity contribution in [1.82, 2.24) is 14.8 Å². The van der Waals surface area contributed by atoms with E-state index in [9.17, 15) is 4.79 Å². The Kier molecular flexibility index (Phi) is 4.09. The number of rotatable bonds is 5. The Hall–Kier alpha value is -1.49. The average molecular weight is 278 g/mol. The second-order valence-electron chi connectivity index (χ2n) is 6.31. The van der Waals surface area contributed by atoms with E-state index in [0.717, 1.165) is 12.8 Å². The number of carbonyl (C=O) groups is 1. The number of aromatic nitrogens is 1. The molecule has 0 bridgehead atoms. The molecule has 5 heteroatoms. The molecule has 0 atom stereocenters. The Morgan fingerprint density at radius 2 is 2.15 bits per heavy atom. The van der Waals surface area contributed by atoms with Crippen molar-refractivity contribution < 1.29 is 4.79 Å². The summed E-state index contributed by atoms with van der Waals surface area (Å²) >= 11 is 0. The number of anilines is 1. The highest BCUT2D eigenvalue weighted by molar-refractivity contribution is 5.93. The zero-order valence-corrected chi connectivity index (χ0v) is 12.9. The van der Waals surface area contributed by atoms with E-state index in [-0.39, 0.29) is 17.5 Å². The minimum absolute atomic E-state index is 0.0384. The van der Waals surface area contributed by atoms with Crippen LogP contribution in [-0.4, -0.2) is 41.6 Å². The van der Waals surface area contributed by atoms with E-state index in [0.29, 0.717) is 17.9 Å². The van der Waals surface area contributed by atoms with Crippen molar-refractivity contribution in [2.45, 2.75) is 44.7 Å². The molecule has 0 radical (unpaired) electrons. The van der Waals surface area contributed by atoms with E-state index < -0.39 is 0 Å². The number of hydrogen-bond donors (Lipinski definition) is 2. The van der Waals surface area contributed by atoms with Crippen molar-refractivity contribution >= 4 is 11.6 Å². The first-order valence-electron chi connectivity index (χ1n) is 7.29. The van der Waals surface area contributed by atoms with Gasteiger partial charge in [-0.05, 0) is 53.3 Å². The molecule has 0 unspecified atom stereocenters. The second kappa shape index (κ2) is 5.48. The van der Waals surface area contributed by atoms with Crippen LogP contribution in [-0.2, 0) is 0 Å². The monoisotopic (exact) mass is 278 g/mol. The lowest BCUT2D eigenvalue weighted by atomic mass is 9.75. The quantitative estimate of drug-likeness (QED) is 0.864. The molecule has 3 N–H and O–H groups in total. The number of nitrogens with zero attached hydrogens (tertiary/aromatic N) is 2. The molecule has 1 aromatic rings. The van der Waals surface area contributed by atoms with E-state index in [1.807, 2.05) is 24.6 Å². The average Bonchev–Trinajstić information content (AvgIpc) is 2.69. The van der Waals surface area contributed by atoms with Gasteiger partial charge in [-0.3, -0.25) is 4.79 Å². The minimum atomic E-state index is -0.0384. The predicted octanol–water partition coefficient (Wildman–Crippen LogP) is 1.87. The SMILES string of the molecule is CC(C)n1cc(N)cc1C(=O)NCC1(N(C)C)CCC1. The molecule has 1 aliphatic rings. The lowest BCUT2D eigenvalue weighted by molar-refractivity contribution is 0.0554. The van der Waals surface area contributed by atoms with Crippen molar-refractivity contribution in [2.75, 3.05) is 26.4 Å². The van der Waals surface area contributed by atoms with Gasteiger partial charge in [0.2, 0.25) is 0 Å². The molecule has 2 rings (SSSR count). The summed E-state index contributed by atoms with van der Waals surface area (Å²) in [7, 11) is 4.17. The van der Waals surface area contributed by atoms with Crippen LogP contribution in [0.3, 0.4) is 0 Å². The summed E-state index contributed by atoms with van der Waals surface area (Å²) in [5, 5.41) is 3.07. The van der Waals surface area contributed by atoms with E-state index >= 15 is 0 Å². The van der Waals surface area contributed by atoms with Crippen LogP contribution in [0.2, 0.25) is 0 Å². The molecule has 0 aromatic carbocycles. The van der Waals surface area contributed by atoms with Gasteiger partial charge in [-0.25, -0.2) is 0 Å². The first kappa shape index (κ1) is 14.9. The van der Waals surface area contributed by atoms with Gasteiger partial charge in [-0.15, -0.1) is 0 Å². The van der Waals surface area contributed by atoms with E-state index in [4.69, 9.17) is 5.73 Å². The van der Waals surface area contributed by atoms with Gasteiger partial charge in [0.25, 0.3) is 5.91 Å². The number of carbonyl (C=O) groups excluding carboxylic acids is 1. The summed E-state index contributed by atoms with van der Waals surface area (Å²) in [6.07, 6.45) is 5.36. The summed E-state index contributed by atoms with van der Waals surface area (Å²) in [5.74, 6) is -0.0384. The zero-order chi connectivity index (χ0) is 14.9. The molecule has 5 nitrogen and oxygen atoms in total. The smallest absolute Gasteiger partial charge is 0.268 e. The van der Waals surface area contributed by atoms with E-state index in [1.165, 1.54) is 6.42 Å². The molecule has 1 amide bonds. The molecule has 20 heavy (non-hydrogen) atoms. The number of amides is 1. The molecule has 0 spiro atoms. The summed E-state index contributed by atoms with van der Waals surface area (Å²) in [5.41, 5.74) is 7.23. The molecule has 1 fully saturated rings. The summed E-state index contributed by atoms with van der Waals surface area (Å²) in [6, 6.07) is 1.97. The molecule has 1 aliphatic carbocycles. The van der Waals surface area contributed by atoms with Crippen molar-refractivity contribution in [3.05, 3.63) is 18.0 Å². The summed E-state index contributed by atoms with van der Waals surface area (Å²) < 4.78 is 1.92. The van der Waals surface area contributed by atoms with Crippen LogP contribution in [0.25, 0.3) is 0 Å². The van der Waals surface area contributed by atoms with Gasteiger partial charge >= 0.3 is 0 Å². The Labute approximate surface area is 121 Å². The molecule has 1 heterocycles. The molecule has 1 saturated carbocycles. The third-order valence-corrected chi connectivity index (χ3v) is 4.47. The van der Waals surface area contributed by atoms with E-state index in [2.05, 4.69) is 24.3 Å². The van der Waals surface area contributed by atoms with Gasteiger partial charge in [0, 0.05) is 24.3 Å². The van der Waals surface area contributed by atoms with Crippen LogP contribution in [0.4, 0.5) is 5.69 Å². The largest absolute Gasteiger partial charge is 0.397 e. The third-order valence-electron chi connectivity index (χ3n) is 4.47. The van der Waals surface area contributed by atoms with Gasteiger partial charge in [0.15, 0.2) is 0 Å². The maximum absolute atomic E-state index is 12.4. The highest BCUT2D eigenvalue weighted by Crippen LogP contribution is 2.35. The fourth-order valence-electron chi connectivity index (χ4n) is 2.81. The maximum atomic E-state index is 12.4. The van der Waals surface area contributed by atoms with Crippen LogP contribution in [0.5, 0.6) is 0 Å². The van der Waals surface area contributed by atoms with E-state index in [1.54, 1.807) is 6.07 Å². The van der Waals surface area contributed by atoms with Crippen LogP contribution in [0.15, 0.2) is 12.3 Å². The van der Waals surface area contributed by atoms with Gasteiger partial charge in [-0.2, -0.15) is 0 Å². The second-order valence-corrected chi connectivity index (χ2v) is 6.31. The lowest BCUT2D eigenvalue weighted by Crippen LogP contribution is -2.57. The summed E-state index contributed by atoms with van der Waals surface area (Å²) in [4.78, 5) is 14.6. The molecule has 1 aromatic heterocycles. The number of hydrogen-bond acceptors (Lipinski definition) is 3. The highest BCUT2D eigenvalue weighted by atomic mass is 16.2. The third kappa shape index (κ3) is 2.68. The zero-order valence-electron chi connectivity index (χ0n) is 12.9. The number of nitrogen functional groups attached to an aromatic ring is 1. The lowest BCUT2D eigenvalue weighted by Gasteiger charge is -2.47. The van der Waals surface area contributed by atoms with Crippen LogP contribution in [0, 0.1) is 0 Å². The van der Waals surface area contributed by atoms with Crippen LogP contribution < -0.4 is 11.1 Å². The number of nitrogens with one attached hydrogen (secondary N) is 1. The van der Waals surface area contributed by atoms with Crippen molar-refractivity contribution in [3.8, 4) is 0 Å². The van der Waals surface area contributed by atoms with Crippen molar-refractivity contribution in [2.24, 2.45) is 0 Å². The van der Waals surface area contributed by atoms with Gasteiger partial charge < -0.3 is 20.5 Å². The number of likely N-dealkylation sites (N-methyl/N-ethyl adjacent to an activating group) is 1. The van der Waals surface area contributed by atoms with Gasteiger partial charge in [0.05, 0.1) is 5.69 Å². The fourth-order valence-corrected chi connectivity index (χ4v) is 2.81. The Morgan fingerprint density at radius 3 is 2.60 bits per heavy atom. The van der Waals surface area contributed by atoms with Gasteiger partial charge in [0.1, 0.15) is 5.69 Å².